The van der Waals surface area contributed by atoms with Crippen LogP contribution in [0.25, 0.3) is 0 Å². The van der Waals surface area contributed by atoms with Crippen LogP contribution in [0.15, 0.2) is 29.3 Å². The van der Waals surface area contributed by atoms with E-state index >= 15 is 0 Å². The van der Waals surface area contributed by atoms with Gasteiger partial charge >= 0.3 is 0 Å². The van der Waals surface area contributed by atoms with Crippen molar-refractivity contribution in [3.8, 4) is 0 Å². The number of para-hydroxylation sites is 1. The Hall–Kier alpha value is -1.07. The third-order valence-electron chi connectivity index (χ3n) is 4.98. The van der Waals surface area contributed by atoms with E-state index in [1.807, 2.05) is 38.1 Å². The fourth-order valence-corrected chi connectivity index (χ4v) is 4.90. The molecule has 1 aromatic carbocycles. The van der Waals surface area contributed by atoms with Crippen LogP contribution in [0.3, 0.4) is 0 Å². The van der Waals surface area contributed by atoms with Crippen LogP contribution in [0, 0.1) is 5.92 Å². The molecule has 1 aromatic rings. The van der Waals surface area contributed by atoms with Crippen molar-refractivity contribution in [3.63, 3.8) is 0 Å². The summed E-state index contributed by atoms with van der Waals surface area (Å²) in [6, 6.07) is 7.70. The van der Waals surface area contributed by atoms with Gasteiger partial charge in [0, 0.05) is 32.8 Å². The molecular weight excluding hydrogens is 515 g/mol. The van der Waals surface area contributed by atoms with E-state index in [4.69, 9.17) is 4.74 Å². The number of halogens is 1. The van der Waals surface area contributed by atoms with E-state index < -0.39 is 10.0 Å². The maximum atomic E-state index is 12.8. The van der Waals surface area contributed by atoms with Crippen molar-refractivity contribution in [1.82, 2.24) is 10.6 Å². The zero-order valence-electron chi connectivity index (χ0n) is 18.6. The summed E-state index contributed by atoms with van der Waals surface area (Å²) in [7, 11) is -3.37. The number of anilines is 1. The second kappa shape index (κ2) is 13.4. The summed E-state index contributed by atoms with van der Waals surface area (Å²) in [5, 5.41) is 6.33. The van der Waals surface area contributed by atoms with Gasteiger partial charge in [-0.1, -0.05) is 32.0 Å². The summed E-state index contributed by atoms with van der Waals surface area (Å²) in [4.78, 5) is 4.58. The van der Waals surface area contributed by atoms with E-state index in [-0.39, 0.29) is 35.8 Å². The molecule has 1 heterocycles. The highest BCUT2D eigenvalue weighted by molar-refractivity contribution is 14.0. The lowest BCUT2D eigenvalue weighted by molar-refractivity contribution is 0.0266. The molecule has 2 N–H and O–H groups in total. The van der Waals surface area contributed by atoms with Gasteiger partial charge in [-0.25, -0.2) is 8.42 Å². The molecule has 0 aromatic heterocycles. The molecule has 1 aliphatic heterocycles. The lowest BCUT2D eigenvalue weighted by Crippen LogP contribution is -2.42. The van der Waals surface area contributed by atoms with Crippen LogP contribution in [0.1, 0.15) is 39.7 Å². The molecule has 7 nitrogen and oxygen atoms in total. The molecule has 0 amide bonds. The highest BCUT2D eigenvalue weighted by Crippen LogP contribution is 2.29. The molecule has 2 rings (SSSR count). The normalized spacial score (nSPS) is 15.0. The minimum absolute atomic E-state index is 0. The van der Waals surface area contributed by atoms with Gasteiger partial charge in [0.1, 0.15) is 0 Å². The zero-order chi connectivity index (χ0) is 21.3. The lowest BCUT2D eigenvalue weighted by Gasteiger charge is -2.21. The van der Waals surface area contributed by atoms with Crippen molar-refractivity contribution < 1.29 is 13.2 Å². The van der Waals surface area contributed by atoms with E-state index in [9.17, 15) is 8.42 Å². The monoisotopic (exact) mass is 552 g/mol. The second-order valence-electron chi connectivity index (χ2n) is 7.48. The smallest absolute Gasteiger partial charge is 0.236 e. The van der Waals surface area contributed by atoms with E-state index in [2.05, 4.69) is 29.5 Å². The first-order valence-electron chi connectivity index (χ1n) is 10.6. The maximum Gasteiger partial charge on any atom is 0.236 e. The second-order valence-corrected chi connectivity index (χ2v) is 9.49. The van der Waals surface area contributed by atoms with Crippen molar-refractivity contribution in [2.24, 2.45) is 10.9 Å². The molecule has 0 fully saturated rings. The number of aliphatic imine (C=N–C) groups is 1. The number of sulfonamides is 1. The quantitative estimate of drug-likeness (QED) is 0.251. The van der Waals surface area contributed by atoms with Gasteiger partial charge in [-0.3, -0.25) is 9.30 Å². The Morgan fingerprint density at radius 2 is 1.97 bits per heavy atom. The fraction of sp³-hybridized carbons (Fsp3) is 0.667. The maximum absolute atomic E-state index is 12.8. The molecule has 0 saturated carbocycles. The van der Waals surface area contributed by atoms with Gasteiger partial charge in [0.15, 0.2) is 5.96 Å². The Bertz CT molecular complexity index is 771. The number of benzene rings is 1. The minimum Gasteiger partial charge on any atom is -0.378 e. The standard InChI is InChI=1S/C21H36N4O3S.HI/c1-5-22-21(23-13-11-20(17(3)4)28-6-2)24-14-16-29(26,27)25-15-12-18-9-7-8-10-19(18)25;/h7-10,17,20H,5-6,11-16H2,1-4H3,(H2,22,23,24);1H. The summed E-state index contributed by atoms with van der Waals surface area (Å²) in [6.45, 7) is 11.2. The number of nitrogens with zero attached hydrogens (tertiary/aromatic N) is 2. The van der Waals surface area contributed by atoms with Crippen LogP contribution < -0.4 is 14.9 Å². The molecule has 1 unspecified atom stereocenters. The number of hydrogen-bond acceptors (Lipinski definition) is 4. The van der Waals surface area contributed by atoms with Crippen LogP contribution in [0.4, 0.5) is 5.69 Å². The summed E-state index contributed by atoms with van der Waals surface area (Å²) < 4.78 is 32.9. The average molecular weight is 553 g/mol. The van der Waals surface area contributed by atoms with Gasteiger partial charge in [0.05, 0.1) is 17.5 Å². The van der Waals surface area contributed by atoms with Gasteiger partial charge < -0.3 is 15.4 Å². The summed E-state index contributed by atoms with van der Waals surface area (Å²) in [5.74, 6) is 1.11. The molecular formula is C21H37IN4O3S. The van der Waals surface area contributed by atoms with E-state index in [1.165, 1.54) is 4.31 Å². The van der Waals surface area contributed by atoms with Crippen LogP contribution in [0.2, 0.25) is 0 Å². The van der Waals surface area contributed by atoms with Crippen molar-refractivity contribution in [3.05, 3.63) is 29.8 Å². The average Bonchev–Trinajstić information content (AvgIpc) is 3.12. The Balaban J connectivity index is 0.00000450. The summed E-state index contributed by atoms with van der Waals surface area (Å²) in [5.41, 5.74) is 1.90. The molecule has 0 spiro atoms. The molecule has 9 heteroatoms. The third-order valence-corrected chi connectivity index (χ3v) is 6.76. The Labute approximate surface area is 199 Å². The number of rotatable bonds is 11. The molecule has 0 aliphatic carbocycles. The van der Waals surface area contributed by atoms with Crippen molar-refractivity contribution in [2.75, 3.05) is 42.8 Å². The summed E-state index contributed by atoms with van der Waals surface area (Å²) in [6.07, 6.45) is 1.79. The molecule has 0 bridgehead atoms. The molecule has 172 valence electrons. The predicted molar refractivity (Wildman–Crippen MR) is 136 cm³/mol. The van der Waals surface area contributed by atoms with Crippen LogP contribution >= 0.6 is 24.0 Å². The first-order chi connectivity index (χ1) is 13.9. The van der Waals surface area contributed by atoms with Gasteiger partial charge in [-0.05, 0) is 44.2 Å². The fourth-order valence-electron chi connectivity index (χ4n) is 3.47. The Morgan fingerprint density at radius 3 is 2.63 bits per heavy atom. The first-order valence-corrected chi connectivity index (χ1v) is 12.2. The lowest BCUT2D eigenvalue weighted by atomic mass is 10.0. The highest BCUT2D eigenvalue weighted by Gasteiger charge is 2.28. The molecule has 0 radical (unpaired) electrons. The SMILES string of the molecule is CCNC(=NCCC(OCC)C(C)C)NCCS(=O)(=O)N1CCc2ccccc21.I. The van der Waals surface area contributed by atoms with Gasteiger partial charge in [0.2, 0.25) is 10.0 Å². The van der Waals surface area contributed by atoms with E-state index in [0.29, 0.717) is 38.1 Å². The largest absolute Gasteiger partial charge is 0.378 e. The Kier molecular flexibility index (Phi) is 12.0. The van der Waals surface area contributed by atoms with Crippen molar-refractivity contribution >= 4 is 45.6 Å². The third kappa shape index (κ3) is 7.88. The minimum atomic E-state index is -3.37. The van der Waals surface area contributed by atoms with Crippen molar-refractivity contribution in [1.29, 1.82) is 0 Å². The first kappa shape index (κ1) is 27.0. The van der Waals surface area contributed by atoms with Gasteiger partial charge in [0.25, 0.3) is 0 Å². The molecule has 30 heavy (non-hydrogen) atoms. The number of nitrogens with one attached hydrogen (secondary N) is 2. The van der Waals surface area contributed by atoms with Crippen LogP contribution in [-0.2, 0) is 21.2 Å². The van der Waals surface area contributed by atoms with Gasteiger partial charge in [-0.2, -0.15) is 0 Å². The number of guanidine groups is 1. The van der Waals surface area contributed by atoms with E-state index in [1.54, 1.807) is 0 Å². The highest BCUT2D eigenvalue weighted by atomic mass is 127. The number of ether oxygens (including phenoxy) is 1. The number of hydrogen-bond donors (Lipinski definition) is 2. The van der Waals surface area contributed by atoms with E-state index in [0.717, 1.165) is 30.6 Å². The Morgan fingerprint density at radius 1 is 1.23 bits per heavy atom. The number of fused-ring (bicyclic) bond motifs is 1. The van der Waals surface area contributed by atoms with Crippen LogP contribution in [-0.4, -0.2) is 59.0 Å². The van der Waals surface area contributed by atoms with Crippen LogP contribution in [0.5, 0.6) is 0 Å². The predicted octanol–water partition coefficient (Wildman–Crippen LogP) is 3.00. The molecule has 0 saturated heterocycles. The molecule has 1 aliphatic rings. The molecule has 1 atom stereocenters. The topological polar surface area (TPSA) is 83.0 Å². The summed E-state index contributed by atoms with van der Waals surface area (Å²) >= 11 is 0. The van der Waals surface area contributed by atoms with Crippen molar-refractivity contribution in [2.45, 2.75) is 46.6 Å². The van der Waals surface area contributed by atoms with Gasteiger partial charge in [-0.15, -0.1) is 24.0 Å². The zero-order valence-corrected chi connectivity index (χ0v) is 21.7.